The van der Waals surface area contributed by atoms with Crippen molar-refractivity contribution in [1.82, 2.24) is 19.4 Å². The molecule has 5 aromatic rings. The number of nitriles is 1. The number of aromatic nitrogens is 3. The van der Waals surface area contributed by atoms with Gasteiger partial charge in [0, 0.05) is 53.7 Å². The summed E-state index contributed by atoms with van der Waals surface area (Å²) in [4.78, 5) is 23.5. The average Bonchev–Trinajstić information content (AvgIpc) is 3.66. The molecule has 1 aliphatic rings. The minimum absolute atomic E-state index is 0.159. The highest BCUT2D eigenvalue weighted by atomic mass is 32.1. The number of fused-ring (bicyclic) bond motifs is 2. The number of piperidine rings is 1. The van der Waals surface area contributed by atoms with Crippen molar-refractivity contribution >= 4 is 49.9 Å². The number of benzene rings is 2. The van der Waals surface area contributed by atoms with Crippen molar-refractivity contribution in [3.63, 3.8) is 0 Å². The van der Waals surface area contributed by atoms with Crippen molar-refractivity contribution in [1.29, 1.82) is 5.26 Å². The summed E-state index contributed by atoms with van der Waals surface area (Å²) in [6.45, 7) is 10.9. The van der Waals surface area contributed by atoms with Gasteiger partial charge in [-0.15, -0.1) is 11.3 Å². The van der Waals surface area contributed by atoms with Gasteiger partial charge < -0.3 is 15.2 Å². The first-order valence-electron chi connectivity index (χ1n) is 16.4. The molecule has 2 N–H and O–H groups in total. The van der Waals surface area contributed by atoms with Crippen LogP contribution in [-0.4, -0.2) is 50.6 Å². The first-order chi connectivity index (χ1) is 23.5. The van der Waals surface area contributed by atoms with Gasteiger partial charge >= 0.3 is 6.18 Å². The first-order valence-corrected chi connectivity index (χ1v) is 17.2. The zero-order valence-corrected chi connectivity index (χ0v) is 28.3. The number of hydrogen-bond acceptors (Lipinski definition) is 7. The number of nitrogens with zero attached hydrogens (tertiary/aromatic N) is 5. The van der Waals surface area contributed by atoms with Gasteiger partial charge in [0.25, 0.3) is 0 Å². The van der Waals surface area contributed by atoms with Crippen LogP contribution < -0.4 is 10.6 Å². The van der Waals surface area contributed by atoms with Gasteiger partial charge in [-0.25, -0.2) is 9.97 Å². The quantitative estimate of drug-likeness (QED) is 0.137. The minimum atomic E-state index is -4.26. The molecule has 254 valence electrons. The van der Waals surface area contributed by atoms with Crippen molar-refractivity contribution in [3.05, 3.63) is 94.3 Å². The lowest BCUT2D eigenvalue weighted by Crippen LogP contribution is -2.39. The average molecular weight is 686 g/mol. The number of carbonyl (C=O) groups excluding carboxylic acids is 1. The Balaban J connectivity index is 1.10. The Morgan fingerprint density at radius 3 is 2.59 bits per heavy atom. The monoisotopic (exact) mass is 685 g/mol. The van der Waals surface area contributed by atoms with E-state index in [1.54, 1.807) is 6.07 Å². The smallest absolute Gasteiger partial charge is 0.367 e. The maximum absolute atomic E-state index is 13.0. The number of likely N-dealkylation sites (tertiary alicyclic amines) is 1. The number of rotatable bonds is 11. The molecule has 1 amide bonds. The van der Waals surface area contributed by atoms with Gasteiger partial charge in [-0.3, -0.25) is 9.69 Å². The number of halogens is 3. The summed E-state index contributed by atoms with van der Waals surface area (Å²) in [6, 6.07) is 16.3. The summed E-state index contributed by atoms with van der Waals surface area (Å²) < 4.78 is 41.0. The molecule has 3 aromatic heterocycles. The van der Waals surface area contributed by atoms with Crippen LogP contribution in [0.15, 0.2) is 61.4 Å². The van der Waals surface area contributed by atoms with Gasteiger partial charge in [0.05, 0.1) is 11.8 Å². The molecule has 2 aromatic carbocycles. The molecule has 1 saturated heterocycles. The van der Waals surface area contributed by atoms with Gasteiger partial charge in [0.15, 0.2) is 0 Å². The van der Waals surface area contributed by atoms with Crippen LogP contribution in [0.5, 0.6) is 0 Å². The Hall–Kier alpha value is -4.73. The molecule has 0 unspecified atom stereocenters. The zero-order chi connectivity index (χ0) is 34.7. The lowest BCUT2D eigenvalue weighted by Gasteiger charge is -2.33. The van der Waals surface area contributed by atoms with E-state index in [1.807, 2.05) is 24.3 Å². The SMILES string of the molecule is C=CC(=O)Nc1ccc(CCn2c(C#N)cc3c(C)c(CN4CCC(Nc5ncnc6sc(CC(F)(F)F)cc56)CC4)ccc32)c(CC)c1. The molecule has 12 heteroatoms. The largest absolute Gasteiger partial charge is 0.393 e. The van der Waals surface area contributed by atoms with Crippen molar-refractivity contribution in [2.75, 3.05) is 23.7 Å². The Morgan fingerprint density at radius 2 is 1.88 bits per heavy atom. The lowest BCUT2D eigenvalue weighted by atomic mass is 10.0. The molecule has 1 aliphatic heterocycles. The third-order valence-electron chi connectivity index (χ3n) is 9.30. The summed E-state index contributed by atoms with van der Waals surface area (Å²) in [6.07, 6.45) is 0.766. The molecule has 0 aliphatic carbocycles. The summed E-state index contributed by atoms with van der Waals surface area (Å²) in [7, 11) is 0. The Bertz CT molecular complexity index is 2050. The maximum Gasteiger partial charge on any atom is 0.393 e. The summed E-state index contributed by atoms with van der Waals surface area (Å²) >= 11 is 1.06. The fourth-order valence-electron chi connectivity index (χ4n) is 6.70. The van der Waals surface area contributed by atoms with Crippen LogP contribution in [0, 0.1) is 18.3 Å². The highest BCUT2D eigenvalue weighted by Gasteiger charge is 2.29. The topological polar surface area (TPSA) is 98.9 Å². The molecule has 0 spiro atoms. The molecular formula is C37H38F3N7OS. The molecule has 6 rings (SSSR count). The second-order valence-electron chi connectivity index (χ2n) is 12.5. The van der Waals surface area contributed by atoms with E-state index < -0.39 is 12.6 Å². The summed E-state index contributed by atoms with van der Waals surface area (Å²) in [5.74, 6) is 0.348. The van der Waals surface area contributed by atoms with E-state index in [0.717, 1.165) is 78.8 Å². The number of hydrogen-bond donors (Lipinski definition) is 2. The molecule has 8 nitrogen and oxygen atoms in total. The van der Waals surface area contributed by atoms with E-state index in [4.69, 9.17) is 0 Å². The van der Waals surface area contributed by atoms with E-state index >= 15 is 0 Å². The van der Waals surface area contributed by atoms with Crippen LogP contribution in [0.4, 0.5) is 24.7 Å². The summed E-state index contributed by atoms with van der Waals surface area (Å²) in [5, 5.41) is 18.0. The van der Waals surface area contributed by atoms with Crippen molar-refractivity contribution in [2.24, 2.45) is 0 Å². The van der Waals surface area contributed by atoms with E-state index in [0.29, 0.717) is 28.3 Å². The Kier molecular flexibility index (Phi) is 10.0. The number of amides is 1. The fraction of sp³-hybridized carbons (Fsp3) is 0.351. The number of nitrogens with one attached hydrogen (secondary N) is 2. The Labute approximate surface area is 287 Å². The Morgan fingerprint density at radius 1 is 1.10 bits per heavy atom. The van der Waals surface area contributed by atoms with Crippen LogP contribution in [0.3, 0.4) is 0 Å². The van der Waals surface area contributed by atoms with E-state index in [2.05, 4.69) is 68.7 Å². The fourth-order valence-corrected chi connectivity index (χ4v) is 7.73. The minimum Gasteiger partial charge on any atom is -0.367 e. The van der Waals surface area contributed by atoms with Crippen LogP contribution >= 0.6 is 11.3 Å². The van der Waals surface area contributed by atoms with Gasteiger partial charge in [-0.2, -0.15) is 18.4 Å². The van der Waals surface area contributed by atoms with Crippen LogP contribution in [0.1, 0.15) is 52.6 Å². The highest BCUT2D eigenvalue weighted by molar-refractivity contribution is 7.18. The van der Waals surface area contributed by atoms with Crippen LogP contribution in [0.25, 0.3) is 21.1 Å². The third-order valence-corrected chi connectivity index (χ3v) is 10.3. The maximum atomic E-state index is 13.0. The summed E-state index contributed by atoms with van der Waals surface area (Å²) in [5.41, 5.74) is 7.13. The second-order valence-corrected chi connectivity index (χ2v) is 13.6. The van der Waals surface area contributed by atoms with Crippen molar-refractivity contribution in [3.8, 4) is 6.07 Å². The molecule has 0 radical (unpaired) electrons. The van der Waals surface area contributed by atoms with E-state index in [1.165, 1.54) is 29.1 Å². The number of thiophene rings is 1. The molecule has 0 atom stereocenters. The second kappa shape index (κ2) is 14.4. The predicted molar refractivity (Wildman–Crippen MR) is 189 cm³/mol. The normalized spacial score (nSPS) is 14.3. The van der Waals surface area contributed by atoms with Gasteiger partial charge in [0.2, 0.25) is 5.91 Å². The number of alkyl halides is 3. The van der Waals surface area contributed by atoms with Gasteiger partial charge in [-0.1, -0.05) is 25.6 Å². The lowest BCUT2D eigenvalue weighted by molar-refractivity contribution is -0.126. The van der Waals surface area contributed by atoms with Gasteiger partial charge in [0.1, 0.15) is 28.7 Å². The molecule has 0 saturated carbocycles. The molecule has 0 bridgehead atoms. The van der Waals surface area contributed by atoms with Crippen LogP contribution in [-0.2, 0) is 37.1 Å². The predicted octanol–water partition coefficient (Wildman–Crippen LogP) is 7.94. The molecular weight excluding hydrogens is 648 g/mol. The first kappa shape index (κ1) is 34.1. The molecule has 49 heavy (non-hydrogen) atoms. The third kappa shape index (κ3) is 7.79. The standard InChI is InChI=1S/C37H38F3N7OS/c1-4-24-16-28(44-34(48)5-2)8-6-25(24)10-15-47-29(20-41)17-31-23(3)26(7-9-33(31)47)21-46-13-11-27(12-14-46)45-35-32-18-30(19-37(38,39)40)49-36(32)43-22-42-35/h5-9,16-18,22,27H,2,4,10-15,19,21H2,1,3H3,(H,44,48)(H,42,43,45). The van der Waals surface area contributed by atoms with E-state index in [-0.39, 0.29) is 16.8 Å². The van der Waals surface area contributed by atoms with Crippen LogP contribution in [0.2, 0.25) is 0 Å². The van der Waals surface area contributed by atoms with Crippen molar-refractivity contribution in [2.45, 2.75) is 71.3 Å². The van der Waals surface area contributed by atoms with Gasteiger partial charge in [-0.05, 0) is 91.3 Å². The molecule has 4 heterocycles. The van der Waals surface area contributed by atoms with Crippen molar-refractivity contribution < 1.29 is 18.0 Å². The molecule has 1 fully saturated rings. The number of carbonyl (C=O) groups is 1. The number of aryl methyl sites for hydroxylation is 4. The highest BCUT2D eigenvalue weighted by Crippen LogP contribution is 2.34. The number of anilines is 2. The zero-order valence-electron chi connectivity index (χ0n) is 27.5. The van der Waals surface area contributed by atoms with E-state index in [9.17, 15) is 23.2 Å².